The zero-order valence-electron chi connectivity index (χ0n) is 18.7. The molecule has 3 fully saturated rings. The molecule has 2 amide bonds. The fourth-order valence-corrected chi connectivity index (χ4v) is 7.44. The zero-order chi connectivity index (χ0) is 25.0. The fourth-order valence-electron chi connectivity index (χ4n) is 4.91. The third kappa shape index (κ3) is 4.10. The molecule has 2 atom stereocenters. The van der Waals surface area contributed by atoms with E-state index in [-0.39, 0.29) is 28.8 Å². The van der Waals surface area contributed by atoms with Crippen LogP contribution in [0.1, 0.15) is 37.7 Å². The van der Waals surface area contributed by atoms with Crippen molar-refractivity contribution in [1.82, 2.24) is 10.2 Å². The van der Waals surface area contributed by atoms with E-state index in [2.05, 4.69) is 11.4 Å². The molecule has 5 rings (SSSR count). The Morgan fingerprint density at radius 2 is 1.63 bits per heavy atom. The molecular weight excluding hydrogens is 509 g/mol. The van der Waals surface area contributed by atoms with Crippen LogP contribution in [0.25, 0.3) is 0 Å². The number of hydrogen-bond acceptors (Lipinski definition) is 5. The van der Waals surface area contributed by atoms with Gasteiger partial charge in [0.2, 0.25) is 11.8 Å². The van der Waals surface area contributed by atoms with Gasteiger partial charge in [-0.15, -0.1) is 0 Å². The predicted octanol–water partition coefficient (Wildman–Crippen LogP) is 3.64. The molecule has 182 valence electrons. The van der Waals surface area contributed by atoms with Crippen LogP contribution in [0.5, 0.6) is 0 Å². The Labute approximate surface area is 213 Å². The van der Waals surface area contributed by atoms with E-state index in [1.165, 1.54) is 17.0 Å². The molecule has 10 heteroatoms. The van der Waals surface area contributed by atoms with Crippen molar-refractivity contribution in [3.8, 4) is 6.07 Å². The SMILES string of the molecule is N#CC1(NC(=O)[C@@H]2C[C@@H](S(=O)(=O)c3ccccc3Cl)CN2C(=O)C2(c3ccccc3Cl)CC2)CC1. The number of benzene rings is 2. The maximum absolute atomic E-state index is 13.9. The van der Waals surface area contributed by atoms with E-state index in [0.29, 0.717) is 36.3 Å². The molecule has 0 bridgehead atoms. The monoisotopic (exact) mass is 531 g/mol. The highest BCUT2D eigenvalue weighted by atomic mass is 35.5. The molecule has 1 saturated heterocycles. The zero-order valence-corrected chi connectivity index (χ0v) is 21.0. The number of carbonyl (C=O) groups is 2. The van der Waals surface area contributed by atoms with Gasteiger partial charge in [-0.25, -0.2) is 8.42 Å². The van der Waals surface area contributed by atoms with Crippen LogP contribution in [-0.2, 0) is 24.8 Å². The molecule has 1 heterocycles. The van der Waals surface area contributed by atoms with Gasteiger partial charge in [0.15, 0.2) is 9.84 Å². The molecule has 1 aliphatic heterocycles. The summed E-state index contributed by atoms with van der Waals surface area (Å²) < 4.78 is 27.0. The van der Waals surface area contributed by atoms with Gasteiger partial charge in [0.25, 0.3) is 0 Å². The second-order valence-electron chi connectivity index (χ2n) is 9.55. The van der Waals surface area contributed by atoms with E-state index >= 15 is 0 Å². The Balaban J connectivity index is 1.49. The van der Waals surface area contributed by atoms with Crippen LogP contribution in [-0.4, -0.2) is 48.5 Å². The van der Waals surface area contributed by atoms with Crippen LogP contribution in [0, 0.1) is 11.3 Å². The minimum atomic E-state index is -3.93. The molecular formula is C25H23Cl2N3O4S. The Morgan fingerprint density at radius 3 is 2.20 bits per heavy atom. The maximum Gasteiger partial charge on any atom is 0.244 e. The van der Waals surface area contributed by atoms with Crippen LogP contribution in [0.2, 0.25) is 10.0 Å². The third-order valence-electron chi connectivity index (χ3n) is 7.28. The number of nitriles is 1. The molecule has 0 unspecified atom stereocenters. The summed E-state index contributed by atoms with van der Waals surface area (Å²) in [5.41, 5.74) is -1.14. The van der Waals surface area contributed by atoms with Gasteiger partial charge in [-0.1, -0.05) is 53.5 Å². The van der Waals surface area contributed by atoms with Crippen LogP contribution < -0.4 is 5.32 Å². The van der Waals surface area contributed by atoms with Gasteiger partial charge in [-0.2, -0.15) is 5.26 Å². The Kier molecular flexibility index (Phi) is 5.86. The highest BCUT2D eigenvalue weighted by Gasteiger charge is 2.58. The van der Waals surface area contributed by atoms with Crippen molar-refractivity contribution in [2.75, 3.05) is 6.54 Å². The van der Waals surface area contributed by atoms with E-state index in [9.17, 15) is 23.3 Å². The Hall–Kier alpha value is -2.60. The summed E-state index contributed by atoms with van der Waals surface area (Å²) in [6.45, 7) is -0.143. The topological polar surface area (TPSA) is 107 Å². The predicted molar refractivity (Wildman–Crippen MR) is 131 cm³/mol. The first-order chi connectivity index (χ1) is 16.6. The van der Waals surface area contributed by atoms with Crippen LogP contribution in [0.4, 0.5) is 0 Å². The van der Waals surface area contributed by atoms with Gasteiger partial charge >= 0.3 is 0 Å². The van der Waals surface area contributed by atoms with Gasteiger partial charge in [0.05, 0.1) is 26.7 Å². The Bertz CT molecular complexity index is 1360. The summed E-state index contributed by atoms with van der Waals surface area (Å²) in [7, 11) is -3.93. The number of sulfone groups is 1. The van der Waals surface area contributed by atoms with E-state index in [1.807, 2.05) is 0 Å². The van der Waals surface area contributed by atoms with E-state index < -0.39 is 38.0 Å². The minimum absolute atomic E-state index is 0.0250. The van der Waals surface area contributed by atoms with Crippen molar-refractivity contribution in [3.05, 3.63) is 64.1 Å². The van der Waals surface area contributed by atoms with Crippen molar-refractivity contribution < 1.29 is 18.0 Å². The van der Waals surface area contributed by atoms with Gasteiger partial charge in [-0.05, 0) is 55.9 Å². The lowest BCUT2D eigenvalue weighted by Crippen LogP contribution is -2.51. The highest BCUT2D eigenvalue weighted by molar-refractivity contribution is 7.92. The second-order valence-corrected chi connectivity index (χ2v) is 12.6. The first kappa shape index (κ1) is 24.1. The Morgan fingerprint density at radius 1 is 1.00 bits per heavy atom. The number of hydrogen-bond donors (Lipinski definition) is 1. The average Bonchev–Trinajstić information content (AvgIpc) is 3.76. The number of halogens is 2. The molecule has 2 saturated carbocycles. The molecule has 2 aromatic carbocycles. The average molecular weight is 532 g/mol. The molecule has 0 spiro atoms. The van der Waals surface area contributed by atoms with Crippen LogP contribution in [0.3, 0.4) is 0 Å². The lowest BCUT2D eigenvalue weighted by Gasteiger charge is -2.29. The quantitative estimate of drug-likeness (QED) is 0.612. The molecule has 1 N–H and O–H groups in total. The van der Waals surface area contributed by atoms with Gasteiger partial charge in [-0.3, -0.25) is 9.59 Å². The summed E-state index contributed by atoms with van der Waals surface area (Å²) in [6, 6.07) is 14.3. The van der Waals surface area contributed by atoms with E-state index in [4.69, 9.17) is 23.2 Å². The van der Waals surface area contributed by atoms with E-state index in [1.54, 1.807) is 36.4 Å². The van der Waals surface area contributed by atoms with Crippen molar-refractivity contribution in [1.29, 1.82) is 5.26 Å². The molecule has 0 radical (unpaired) electrons. The molecule has 35 heavy (non-hydrogen) atoms. The summed E-state index contributed by atoms with van der Waals surface area (Å²) in [5, 5.41) is 11.7. The number of carbonyl (C=O) groups excluding carboxylic acids is 2. The van der Waals surface area contributed by atoms with Gasteiger partial charge < -0.3 is 10.2 Å². The molecule has 3 aliphatic rings. The summed E-state index contributed by atoms with van der Waals surface area (Å²) in [4.78, 5) is 28.6. The van der Waals surface area contributed by atoms with Crippen molar-refractivity contribution in [2.45, 2.75) is 59.2 Å². The first-order valence-corrected chi connectivity index (χ1v) is 13.7. The molecule has 2 aromatic rings. The maximum atomic E-state index is 13.9. The van der Waals surface area contributed by atoms with Crippen molar-refractivity contribution >= 4 is 44.9 Å². The smallest absolute Gasteiger partial charge is 0.244 e. The number of nitrogens with zero attached hydrogens (tertiary/aromatic N) is 2. The lowest BCUT2D eigenvalue weighted by atomic mass is 9.93. The standard InChI is InChI=1S/C25H23Cl2N3O4S/c26-18-6-2-1-5-17(18)25(11-12-25)23(32)30-14-16(35(33,34)21-8-4-3-7-19(21)27)13-20(30)22(31)29-24(15-28)9-10-24/h1-8,16,20H,9-14H2,(H,29,31)/t16-,20+/m1/s1. The highest BCUT2D eigenvalue weighted by Crippen LogP contribution is 2.52. The molecule has 2 aliphatic carbocycles. The summed E-state index contributed by atoms with van der Waals surface area (Å²) in [5.74, 6) is -0.825. The first-order valence-electron chi connectivity index (χ1n) is 11.4. The van der Waals surface area contributed by atoms with Crippen molar-refractivity contribution in [2.24, 2.45) is 0 Å². The van der Waals surface area contributed by atoms with Gasteiger partial charge in [0.1, 0.15) is 11.6 Å². The fraction of sp³-hybridized carbons (Fsp3) is 0.400. The summed E-state index contributed by atoms with van der Waals surface area (Å²) in [6.07, 6.45) is 2.10. The molecule has 7 nitrogen and oxygen atoms in total. The minimum Gasteiger partial charge on any atom is -0.336 e. The number of amides is 2. The second kappa shape index (κ2) is 8.51. The van der Waals surface area contributed by atoms with Crippen LogP contribution >= 0.6 is 23.2 Å². The molecule has 0 aromatic heterocycles. The number of rotatable bonds is 6. The summed E-state index contributed by atoms with van der Waals surface area (Å²) >= 11 is 12.6. The third-order valence-corrected chi connectivity index (χ3v) is 10.2. The number of nitrogens with one attached hydrogen (secondary N) is 1. The van der Waals surface area contributed by atoms with E-state index in [0.717, 1.165) is 0 Å². The lowest BCUT2D eigenvalue weighted by molar-refractivity contribution is -0.140. The number of likely N-dealkylation sites (tertiary alicyclic amines) is 1. The van der Waals surface area contributed by atoms with Crippen molar-refractivity contribution in [3.63, 3.8) is 0 Å². The van der Waals surface area contributed by atoms with Gasteiger partial charge in [0, 0.05) is 11.6 Å². The van der Waals surface area contributed by atoms with Crippen LogP contribution in [0.15, 0.2) is 53.4 Å². The largest absolute Gasteiger partial charge is 0.336 e. The normalized spacial score (nSPS) is 23.9.